The minimum Gasteiger partial charge on any atom is -0.383 e. The number of carbonyl (C=O) groups is 1. The van der Waals surface area contributed by atoms with Gasteiger partial charge < -0.3 is 9.64 Å². The van der Waals surface area contributed by atoms with E-state index in [4.69, 9.17) is 4.74 Å². The molecule has 26 heavy (non-hydrogen) atoms. The number of nitrogens with zero attached hydrogens (tertiary/aromatic N) is 5. The molecule has 1 saturated heterocycles. The van der Waals surface area contributed by atoms with E-state index < -0.39 is 9.84 Å². The van der Waals surface area contributed by atoms with Gasteiger partial charge >= 0.3 is 0 Å². The molecule has 0 aromatic carbocycles. The Bertz CT molecular complexity index is 717. The fourth-order valence-corrected chi connectivity index (χ4v) is 6.15. The summed E-state index contributed by atoms with van der Waals surface area (Å²) in [7, 11) is -1.48. The van der Waals surface area contributed by atoms with Gasteiger partial charge in [0.25, 0.3) is 0 Å². The van der Waals surface area contributed by atoms with Crippen molar-refractivity contribution < 1.29 is 17.9 Å². The molecule has 1 aliphatic heterocycles. The Hall–Kier alpha value is -1.20. The molecule has 1 atom stereocenters. The number of carbonyl (C=O) groups excluding carboxylic acids is 1. The summed E-state index contributed by atoms with van der Waals surface area (Å²) >= 11 is 1.31. The van der Waals surface area contributed by atoms with Crippen molar-refractivity contribution in [2.75, 3.05) is 37.5 Å². The Kier molecular flexibility index (Phi) is 6.51. The molecule has 0 bridgehead atoms. The first-order valence-electron chi connectivity index (χ1n) is 8.89. The maximum Gasteiger partial charge on any atom is 0.233 e. The normalized spacial score (nSPS) is 22.7. The Morgan fingerprint density at radius 3 is 2.77 bits per heavy atom. The summed E-state index contributed by atoms with van der Waals surface area (Å²) in [5.41, 5.74) is 0. The Morgan fingerprint density at radius 2 is 2.12 bits per heavy atom. The highest BCUT2D eigenvalue weighted by molar-refractivity contribution is 7.99. The summed E-state index contributed by atoms with van der Waals surface area (Å²) in [6.45, 7) is 0.774. The zero-order valence-corrected chi connectivity index (χ0v) is 16.5. The molecular formula is C15H25N5O4S2. The van der Waals surface area contributed by atoms with Gasteiger partial charge in [0.05, 0.1) is 29.9 Å². The van der Waals surface area contributed by atoms with Crippen LogP contribution in [0.5, 0.6) is 0 Å². The van der Waals surface area contributed by atoms with Crippen LogP contribution in [-0.4, -0.2) is 83.0 Å². The Labute approximate surface area is 157 Å². The fraction of sp³-hybridized carbons (Fsp3) is 0.867. The summed E-state index contributed by atoms with van der Waals surface area (Å²) in [4.78, 5) is 14.4. The molecule has 0 radical (unpaired) electrons. The van der Waals surface area contributed by atoms with E-state index in [-0.39, 0.29) is 29.2 Å². The Balaban J connectivity index is 1.62. The summed E-state index contributed by atoms with van der Waals surface area (Å²) in [6.07, 6.45) is 4.96. The predicted octanol–water partition coefficient (Wildman–Crippen LogP) is 0.542. The van der Waals surface area contributed by atoms with E-state index in [0.29, 0.717) is 30.8 Å². The van der Waals surface area contributed by atoms with Crippen LogP contribution < -0.4 is 0 Å². The maximum atomic E-state index is 12.8. The number of hydrogen-bond donors (Lipinski definition) is 0. The fourth-order valence-electron chi connectivity index (χ4n) is 3.59. The number of hydrogen-bond acceptors (Lipinski definition) is 8. The third-order valence-corrected chi connectivity index (χ3v) is 7.63. The highest BCUT2D eigenvalue weighted by Gasteiger charge is 2.34. The maximum absolute atomic E-state index is 12.8. The minimum atomic E-state index is -3.05. The molecule has 1 aromatic rings. The second-order valence-corrected chi connectivity index (χ2v) is 9.94. The zero-order chi connectivity index (χ0) is 18.6. The number of methoxy groups -OCH3 is 1. The van der Waals surface area contributed by atoms with Crippen LogP contribution in [0, 0.1) is 0 Å². The van der Waals surface area contributed by atoms with Crippen LogP contribution >= 0.6 is 11.8 Å². The molecule has 2 fully saturated rings. The average Bonchev–Trinajstić information content (AvgIpc) is 3.33. The topological polar surface area (TPSA) is 107 Å². The number of ether oxygens (including phenoxy) is 1. The number of amides is 1. The van der Waals surface area contributed by atoms with Crippen molar-refractivity contribution in [3.63, 3.8) is 0 Å². The predicted molar refractivity (Wildman–Crippen MR) is 96.7 cm³/mol. The first-order chi connectivity index (χ1) is 12.5. The van der Waals surface area contributed by atoms with Gasteiger partial charge in [0.2, 0.25) is 11.1 Å². The second kappa shape index (κ2) is 8.66. The average molecular weight is 404 g/mol. The molecule has 0 N–H and O–H groups in total. The number of rotatable bonds is 8. The van der Waals surface area contributed by atoms with Crippen molar-refractivity contribution in [1.29, 1.82) is 0 Å². The van der Waals surface area contributed by atoms with Crippen LogP contribution in [0.4, 0.5) is 0 Å². The third kappa shape index (κ3) is 4.74. The van der Waals surface area contributed by atoms with Crippen molar-refractivity contribution in [2.24, 2.45) is 0 Å². The largest absolute Gasteiger partial charge is 0.383 e. The molecule has 1 amide bonds. The van der Waals surface area contributed by atoms with E-state index >= 15 is 0 Å². The molecule has 1 saturated carbocycles. The molecule has 146 valence electrons. The van der Waals surface area contributed by atoms with E-state index in [0.717, 1.165) is 12.8 Å². The minimum absolute atomic E-state index is 0.0347. The van der Waals surface area contributed by atoms with Crippen LogP contribution in [0.3, 0.4) is 0 Å². The van der Waals surface area contributed by atoms with Gasteiger partial charge in [-0.25, -0.2) is 13.1 Å². The van der Waals surface area contributed by atoms with Gasteiger partial charge in [0.1, 0.15) is 0 Å². The van der Waals surface area contributed by atoms with E-state index in [1.54, 1.807) is 12.0 Å². The highest BCUT2D eigenvalue weighted by Crippen LogP contribution is 2.31. The van der Waals surface area contributed by atoms with Gasteiger partial charge in [-0.15, -0.1) is 5.10 Å². The monoisotopic (exact) mass is 403 g/mol. The molecule has 9 nitrogen and oxygen atoms in total. The van der Waals surface area contributed by atoms with E-state index in [2.05, 4.69) is 15.5 Å². The number of tetrazole rings is 1. The molecule has 1 aliphatic carbocycles. The summed E-state index contributed by atoms with van der Waals surface area (Å²) in [5.74, 6) is 0.261. The van der Waals surface area contributed by atoms with E-state index in [1.807, 2.05) is 4.68 Å². The van der Waals surface area contributed by atoms with Gasteiger partial charge in [-0.05, 0) is 29.7 Å². The standard InChI is InChI=1S/C15H25N5O4S2/c1-24-8-7-19(13-6-9-26(22,23)11-13)14(21)10-25-15-16-17-18-20(15)12-4-2-3-5-12/h12-13H,2-11H2,1H3/t13-/m1/s1. The first-order valence-corrected chi connectivity index (χ1v) is 11.7. The SMILES string of the molecule is COCCN(C(=O)CSc1nnnn1C1CCCC1)[C@@H]1CCS(=O)(=O)C1. The van der Waals surface area contributed by atoms with Crippen molar-refractivity contribution in [3.8, 4) is 0 Å². The number of sulfone groups is 1. The highest BCUT2D eigenvalue weighted by atomic mass is 32.2. The van der Waals surface area contributed by atoms with Gasteiger partial charge in [0.15, 0.2) is 9.84 Å². The lowest BCUT2D eigenvalue weighted by Gasteiger charge is -2.28. The van der Waals surface area contributed by atoms with Crippen molar-refractivity contribution in [2.45, 2.75) is 49.3 Å². The smallest absolute Gasteiger partial charge is 0.233 e. The molecule has 2 heterocycles. The van der Waals surface area contributed by atoms with E-state index in [9.17, 15) is 13.2 Å². The van der Waals surface area contributed by atoms with E-state index in [1.165, 1.54) is 24.6 Å². The van der Waals surface area contributed by atoms with Crippen LogP contribution in [0.2, 0.25) is 0 Å². The molecule has 0 spiro atoms. The molecule has 0 unspecified atom stereocenters. The third-order valence-electron chi connectivity index (χ3n) is 4.96. The van der Waals surface area contributed by atoms with Gasteiger partial charge in [-0.3, -0.25) is 4.79 Å². The van der Waals surface area contributed by atoms with Crippen molar-refractivity contribution in [1.82, 2.24) is 25.1 Å². The van der Waals surface area contributed by atoms with Crippen LogP contribution in [0.15, 0.2) is 5.16 Å². The Morgan fingerprint density at radius 1 is 1.35 bits per heavy atom. The van der Waals surface area contributed by atoms with Crippen molar-refractivity contribution in [3.05, 3.63) is 0 Å². The summed E-state index contributed by atoms with van der Waals surface area (Å²) in [5, 5.41) is 12.5. The van der Waals surface area contributed by atoms with Gasteiger partial charge in [-0.1, -0.05) is 24.6 Å². The lowest BCUT2D eigenvalue weighted by atomic mass is 10.2. The van der Waals surface area contributed by atoms with Crippen molar-refractivity contribution >= 4 is 27.5 Å². The zero-order valence-electron chi connectivity index (χ0n) is 14.9. The number of thioether (sulfide) groups is 1. The lowest BCUT2D eigenvalue weighted by Crippen LogP contribution is -2.44. The summed E-state index contributed by atoms with van der Waals surface area (Å²) in [6, 6.07) is 0.0428. The molecule has 2 aliphatic rings. The van der Waals surface area contributed by atoms with Crippen LogP contribution in [-0.2, 0) is 19.4 Å². The van der Waals surface area contributed by atoms with Gasteiger partial charge in [0, 0.05) is 19.7 Å². The van der Waals surface area contributed by atoms with Crippen LogP contribution in [0.25, 0.3) is 0 Å². The van der Waals surface area contributed by atoms with Gasteiger partial charge in [-0.2, -0.15) is 0 Å². The molecule has 11 heteroatoms. The van der Waals surface area contributed by atoms with Crippen LogP contribution in [0.1, 0.15) is 38.1 Å². The second-order valence-electron chi connectivity index (χ2n) is 6.77. The number of aromatic nitrogens is 4. The summed E-state index contributed by atoms with van der Waals surface area (Å²) < 4.78 is 30.5. The quantitative estimate of drug-likeness (QED) is 0.579. The first kappa shape index (κ1) is 19.6. The molecule has 3 rings (SSSR count). The molecule has 1 aromatic heterocycles. The molecular weight excluding hydrogens is 378 g/mol. The lowest BCUT2D eigenvalue weighted by molar-refractivity contribution is -0.130.